The van der Waals surface area contributed by atoms with Crippen molar-refractivity contribution in [3.05, 3.63) is 42.6 Å². The Balaban J connectivity index is 2.45. The summed E-state index contributed by atoms with van der Waals surface area (Å²) in [5, 5.41) is 0. The average Bonchev–Trinajstić information content (AvgIpc) is 2.29. The molecular formula is C10H6F3N3. The first-order chi connectivity index (χ1) is 7.57. The number of hydrogen-bond acceptors (Lipinski definition) is 3. The maximum Gasteiger partial charge on any atom is 0.416 e. The van der Waals surface area contributed by atoms with Gasteiger partial charge in [-0.15, -0.1) is 0 Å². The quantitative estimate of drug-likeness (QED) is 0.748. The second-order valence-corrected chi connectivity index (χ2v) is 3.05. The van der Waals surface area contributed by atoms with Gasteiger partial charge in [-0.05, 0) is 12.1 Å². The number of hydrogen-bond donors (Lipinski definition) is 0. The molecule has 0 radical (unpaired) electrons. The molecule has 0 bridgehead atoms. The minimum Gasteiger partial charge on any atom is -0.256 e. The summed E-state index contributed by atoms with van der Waals surface area (Å²) in [5.74, 6) is 0. The zero-order chi connectivity index (χ0) is 11.6. The summed E-state index contributed by atoms with van der Waals surface area (Å²) in [4.78, 5) is 11.3. The summed E-state index contributed by atoms with van der Waals surface area (Å²) in [7, 11) is 0. The van der Waals surface area contributed by atoms with Crippen LogP contribution in [0, 0.1) is 0 Å². The lowest BCUT2D eigenvalue weighted by Gasteiger charge is -2.07. The van der Waals surface area contributed by atoms with E-state index < -0.39 is 11.7 Å². The van der Waals surface area contributed by atoms with Crippen LogP contribution in [0.25, 0.3) is 11.3 Å². The molecule has 0 saturated heterocycles. The van der Waals surface area contributed by atoms with Crippen LogP contribution in [0.5, 0.6) is 0 Å². The van der Waals surface area contributed by atoms with Crippen molar-refractivity contribution >= 4 is 0 Å². The van der Waals surface area contributed by atoms with Crippen LogP contribution in [-0.4, -0.2) is 15.0 Å². The molecule has 3 nitrogen and oxygen atoms in total. The molecule has 0 atom stereocenters. The first-order valence-electron chi connectivity index (χ1n) is 4.36. The van der Waals surface area contributed by atoms with Crippen molar-refractivity contribution in [3.63, 3.8) is 0 Å². The van der Waals surface area contributed by atoms with Crippen LogP contribution < -0.4 is 0 Å². The Kier molecular flexibility index (Phi) is 2.55. The standard InChI is InChI=1S/C10H6F3N3/c11-10(12,13)8-1-2-16-9(3-8)7-4-14-6-15-5-7/h1-6H. The second kappa shape index (κ2) is 3.88. The summed E-state index contributed by atoms with van der Waals surface area (Å²) in [6, 6.07) is 1.89. The largest absolute Gasteiger partial charge is 0.416 e. The zero-order valence-corrected chi connectivity index (χ0v) is 7.94. The molecule has 0 aliphatic heterocycles. The number of aromatic nitrogens is 3. The first-order valence-corrected chi connectivity index (χ1v) is 4.36. The summed E-state index contributed by atoms with van der Waals surface area (Å²) in [6.07, 6.45) is 0.876. The van der Waals surface area contributed by atoms with Gasteiger partial charge in [-0.3, -0.25) is 4.98 Å². The van der Waals surface area contributed by atoms with Gasteiger partial charge in [0.1, 0.15) is 6.33 Å². The Morgan fingerprint density at radius 3 is 2.38 bits per heavy atom. The van der Waals surface area contributed by atoms with Crippen molar-refractivity contribution in [2.24, 2.45) is 0 Å². The molecule has 2 rings (SSSR count). The Morgan fingerprint density at radius 2 is 1.75 bits per heavy atom. The highest BCUT2D eigenvalue weighted by Crippen LogP contribution is 2.30. The molecule has 0 saturated carbocycles. The Morgan fingerprint density at radius 1 is 1.06 bits per heavy atom. The van der Waals surface area contributed by atoms with E-state index in [1.807, 2.05) is 0 Å². The molecular weight excluding hydrogens is 219 g/mol. The number of halogens is 3. The SMILES string of the molecule is FC(F)(F)c1ccnc(-c2cncnc2)c1. The summed E-state index contributed by atoms with van der Waals surface area (Å²) in [5.41, 5.74) is -0.0784. The number of rotatable bonds is 1. The van der Waals surface area contributed by atoms with Crippen LogP contribution in [0.2, 0.25) is 0 Å². The van der Waals surface area contributed by atoms with Gasteiger partial charge >= 0.3 is 6.18 Å². The molecule has 2 aromatic rings. The molecule has 0 unspecified atom stereocenters. The van der Waals surface area contributed by atoms with Crippen LogP contribution >= 0.6 is 0 Å². The van der Waals surface area contributed by atoms with E-state index in [1.54, 1.807) is 0 Å². The summed E-state index contributed by atoms with van der Waals surface area (Å²) in [6.45, 7) is 0. The highest BCUT2D eigenvalue weighted by atomic mass is 19.4. The molecule has 2 heterocycles. The van der Waals surface area contributed by atoms with Crippen molar-refractivity contribution in [2.45, 2.75) is 6.18 Å². The molecule has 16 heavy (non-hydrogen) atoms. The van der Waals surface area contributed by atoms with E-state index in [2.05, 4.69) is 15.0 Å². The van der Waals surface area contributed by atoms with Crippen LogP contribution in [0.3, 0.4) is 0 Å². The number of pyridine rings is 1. The van der Waals surface area contributed by atoms with Crippen LogP contribution in [-0.2, 0) is 6.18 Å². The summed E-state index contributed by atoms with van der Waals surface area (Å²) >= 11 is 0. The van der Waals surface area contributed by atoms with Gasteiger partial charge in [0.2, 0.25) is 0 Å². The molecule has 82 valence electrons. The molecule has 6 heteroatoms. The van der Waals surface area contributed by atoms with Gasteiger partial charge in [-0.1, -0.05) is 0 Å². The van der Waals surface area contributed by atoms with E-state index in [0.29, 0.717) is 5.56 Å². The highest BCUT2D eigenvalue weighted by molar-refractivity contribution is 5.57. The van der Waals surface area contributed by atoms with Gasteiger partial charge in [0.15, 0.2) is 0 Å². The highest BCUT2D eigenvalue weighted by Gasteiger charge is 2.30. The fraction of sp³-hybridized carbons (Fsp3) is 0.100. The van der Waals surface area contributed by atoms with E-state index >= 15 is 0 Å². The summed E-state index contributed by atoms with van der Waals surface area (Å²) < 4.78 is 37.3. The maximum absolute atomic E-state index is 12.4. The molecule has 0 aliphatic carbocycles. The van der Waals surface area contributed by atoms with Crippen molar-refractivity contribution in [1.82, 2.24) is 15.0 Å². The fourth-order valence-electron chi connectivity index (χ4n) is 1.20. The molecule has 0 aromatic carbocycles. The van der Waals surface area contributed by atoms with E-state index in [4.69, 9.17) is 0 Å². The third-order valence-corrected chi connectivity index (χ3v) is 1.94. The number of alkyl halides is 3. The Hall–Kier alpha value is -1.98. The van der Waals surface area contributed by atoms with Gasteiger partial charge in [-0.2, -0.15) is 13.2 Å². The van der Waals surface area contributed by atoms with E-state index in [1.165, 1.54) is 18.7 Å². The minimum atomic E-state index is -4.37. The molecule has 0 spiro atoms. The monoisotopic (exact) mass is 225 g/mol. The van der Waals surface area contributed by atoms with Crippen LogP contribution in [0.4, 0.5) is 13.2 Å². The average molecular weight is 225 g/mol. The number of nitrogens with zero attached hydrogens (tertiary/aromatic N) is 3. The topological polar surface area (TPSA) is 38.7 Å². The van der Waals surface area contributed by atoms with Gasteiger partial charge < -0.3 is 0 Å². The van der Waals surface area contributed by atoms with Gasteiger partial charge in [0, 0.05) is 24.2 Å². The molecule has 0 fully saturated rings. The van der Waals surface area contributed by atoms with Crippen molar-refractivity contribution in [3.8, 4) is 11.3 Å². The normalized spacial score (nSPS) is 11.4. The lowest BCUT2D eigenvalue weighted by molar-refractivity contribution is -0.137. The van der Waals surface area contributed by atoms with Crippen LogP contribution in [0.15, 0.2) is 37.1 Å². The minimum absolute atomic E-state index is 0.204. The predicted molar refractivity (Wildman–Crippen MR) is 50.3 cm³/mol. The Bertz CT molecular complexity index is 482. The Labute approximate surface area is 89.0 Å². The molecule has 2 aromatic heterocycles. The van der Waals surface area contributed by atoms with Gasteiger partial charge in [0.25, 0.3) is 0 Å². The zero-order valence-electron chi connectivity index (χ0n) is 7.94. The van der Waals surface area contributed by atoms with Crippen molar-refractivity contribution in [1.29, 1.82) is 0 Å². The lowest BCUT2D eigenvalue weighted by Crippen LogP contribution is -2.05. The van der Waals surface area contributed by atoms with Crippen molar-refractivity contribution < 1.29 is 13.2 Å². The smallest absolute Gasteiger partial charge is 0.256 e. The fourth-order valence-corrected chi connectivity index (χ4v) is 1.20. The van der Waals surface area contributed by atoms with E-state index in [9.17, 15) is 13.2 Å². The van der Waals surface area contributed by atoms with Gasteiger partial charge in [-0.25, -0.2) is 9.97 Å². The maximum atomic E-state index is 12.4. The van der Waals surface area contributed by atoms with Crippen molar-refractivity contribution in [2.75, 3.05) is 0 Å². The first kappa shape index (κ1) is 10.5. The molecule has 0 N–H and O–H groups in total. The van der Waals surface area contributed by atoms with Gasteiger partial charge in [0.05, 0.1) is 11.3 Å². The third-order valence-electron chi connectivity index (χ3n) is 1.94. The third kappa shape index (κ3) is 2.16. The van der Waals surface area contributed by atoms with E-state index in [0.717, 1.165) is 18.3 Å². The van der Waals surface area contributed by atoms with E-state index in [-0.39, 0.29) is 5.69 Å². The molecule has 0 aliphatic rings. The lowest BCUT2D eigenvalue weighted by atomic mass is 10.1. The predicted octanol–water partition coefficient (Wildman–Crippen LogP) is 2.56. The van der Waals surface area contributed by atoms with Crippen LogP contribution in [0.1, 0.15) is 5.56 Å². The molecule has 0 amide bonds. The second-order valence-electron chi connectivity index (χ2n) is 3.05.